The van der Waals surface area contributed by atoms with Crippen LogP contribution in [0.2, 0.25) is 0 Å². The van der Waals surface area contributed by atoms with E-state index in [1.807, 2.05) is 23.6 Å². The molecule has 9 heteroatoms. The third kappa shape index (κ3) is 3.61. The summed E-state index contributed by atoms with van der Waals surface area (Å²) in [5, 5.41) is 3.35. The minimum atomic E-state index is -0.310. The number of fused-ring (bicyclic) bond motifs is 1. The van der Waals surface area contributed by atoms with Gasteiger partial charge in [-0.1, -0.05) is 25.1 Å². The van der Waals surface area contributed by atoms with E-state index < -0.39 is 0 Å². The molecular weight excluding hydrogens is 483 g/mol. The summed E-state index contributed by atoms with van der Waals surface area (Å²) < 4.78 is 5.96. The SMILES string of the molecule is CCCn1c(=O)c2c(nc(N3CCNCC3)n2Cc2ccccc2I)n(C)c1=O. The fourth-order valence-electron chi connectivity index (χ4n) is 3.83. The standard InChI is InChI=1S/C20H25IN6O2/c1-3-10-26-18(28)16-17(24(2)20(26)29)23-19(25-11-8-22-9-12-25)27(16)13-14-6-4-5-7-15(14)21/h4-7,22H,3,8-13H2,1-2H3. The van der Waals surface area contributed by atoms with Gasteiger partial charge in [-0.3, -0.25) is 18.5 Å². The van der Waals surface area contributed by atoms with E-state index in [-0.39, 0.29) is 11.2 Å². The number of nitrogens with one attached hydrogen (secondary N) is 1. The summed E-state index contributed by atoms with van der Waals surface area (Å²) in [5.41, 5.74) is 1.50. The summed E-state index contributed by atoms with van der Waals surface area (Å²) in [5.74, 6) is 0.752. The Kier molecular flexibility index (Phi) is 5.77. The van der Waals surface area contributed by atoms with Gasteiger partial charge in [-0.15, -0.1) is 0 Å². The van der Waals surface area contributed by atoms with Crippen LogP contribution in [0.1, 0.15) is 18.9 Å². The number of hydrogen-bond acceptors (Lipinski definition) is 5. The third-order valence-electron chi connectivity index (χ3n) is 5.35. The molecule has 3 heterocycles. The van der Waals surface area contributed by atoms with Crippen molar-refractivity contribution >= 4 is 39.7 Å². The van der Waals surface area contributed by atoms with Crippen LogP contribution in [-0.2, 0) is 20.1 Å². The largest absolute Gasteiger partial charge is 0.340 e. The van der Waals surface area contributed by atoms with E-state index in [9.17, 15) is 9.59 Å². The minimum absolute atomic E-state index is 0.259. The van der Waals surface area contributed by atoms with Crippen molar-refractivity contribution in [3.8, 4) is 0 Å². The van der Waals surface area contributed by atoms with Crippen molar-refractivity contribution in [1.29, 1.82) is 0 Å². The zero-order valence-corrected chi connectivity index (χ0v) is 18.8. The molecule has 29 heavy (non-hydrogen) atoms. The van der Waals surface area contributed by atoms with Crippen LogP contribution in [-0.4, -0.2) is 44.9 Å². The molecule has 0 atom stereocenters. The average molecular weight is 508 g/mol. The summed E-state index contributed by atoms with van der Waals surface area (Å²) in [6.07, 6.45) is 0.718. The van der Waals surface area contributed by atoms with Crippen molar-refractivity contribution in [3.63, 3.8) is 0 Å². The van der Waals surface area contributed by atoms with Crippen LogP contribution >= 0.6 is 22.6 Å². The second-order valence-corrected chi connectivity index (χ2v) is 8.46. The third-order valence-corrected chi connectivity index (χ3v) is 6.40. The Balaban J connectivity index is 1.99. The highest BCUT2D eigenvalue weighted by Gasteiger charge is 2.24. The van der Waals surface area contributed by atoms with E-state index in [1.165, 1.54) is 9.13 Å². The van der Waals surface area contributed by atoms with Gasteiger partial charge in [-0.25, -0.2) is 4.79 Å². The number of piperazine rings is 1. The molecule has 0 aliphatic carbocycles. The van der Waals surface area contributed by atoms with Gasteiger partial charge < -0.3 is 10.2 Å². The fourth-order valence-corrected chi connectivity index (χ4v) is 4.39. The molecule has 0 spiro atoms. The first kappa shape index (κ1) is 20.1. The molecule has 1 aliphatic heterocycles. The van der Waals surface area contributed by atoms with Crippen LogP contribution < -0.4 is 21.5 Å². The number of nitrogens with zero attached hydrogens (tertiary/aromatic N) is 5. The molecule has 0 bridgehead atoms. The first-order chi connectivity index (χ1) is 14.0. The summed E-state index contributed by atoms with van der Waals surface area (Å²) in [7, 11) is 1.70. The normalized spacial score (nSPS) is 14.7. The van der Waals surface area contributed by atoms with E-state index in [1.54, 1.807) is 7.05 Å². The lowest BCUT2D eigenvalue weighted by molar-refractivity contribution is 0.570. The second kappa shape index (κ2) is 8.31. The molecule has 0 amide bonds. The molecule has 0 saturated carbocycles. The average Bonchev–Trinajstić information content (AvgIpc) is 3.11. The van der Waals surface area contributed by atoms with Gasteiger partial charge in [0.25, 0.3) is 5.56 Å². The molecule has 8 nitrogen and oxygen atoms in total. The number of benzene rings is 1. The van der Waals surface area contributed by atoms with Crippen LogP contribution in [0.4, 0.5) is 5.95 Å². The number of hydrogen-bond donors (Lipinski definition) is 1. The molecule has 4 rings (SSSR count). The highest BCUT2D eigenvalue weighted by molar-refractivity contribution is 14.1. The summed E-state index contributed by atoms with van der Waals surface area (Å²) in [4.78, 5) is 33.1. The van der Waals surface area contributed by atoms with E-state index in [0.29, 0.717) is 24.3 Å². The smallest absolute Gasteiger partial charge is 0.332 e. The zero-order chi connectivity index (χ0) is 20.5. The highest BCUT2D eigenvalue weighted by atomic mass is 127. The second-order valence-electron chi connectivity index (χ2n) is 7.30. The van der Waals surface area contributed by atoms with Crippen molar-refractivity contribution < 1.29 is 0 Å². The number of rotatable bonds is 5. The Morgan fingerprint density at radius 1 is 1.14 bits per heavy atom. The van der Waals surface area contributed by atoms with Crippen molar-refractivity contribution in [2.45, 2.75) is 26.4 Å². The van der Waals surface area contributed by atoms with Gasteiger partial charge >= 0.3 is 5.69 Å². The monoisotopic (exact) mass is 508 g/mol. The van der Waals surface area contributed by atoms with E-state index in [2.05, 4.69) is 44.9 Å². The maximum absolute atomic E-state index is 13.3. The maximum Gasteiger partial charge on any atom is 0.332 e. The van der Waals surface area contributed by atoms with Gasteiger partial charge in [-0.2, -0.15) is 4.98 Å². The number of anilines is 1. The Labute approximate surface area is 182 Å². The van der Waals surface area contributed by atoms with Crippen molar-refractivity contribution in [3.05, 3.63) is 54.2 Å². The summed E-state index contributed by atoms with van der Waals surface area (Å²) in [6, 6.07) is 8.14. The zero-order valence-electron chi connectivity index (χ0n) is 16.7. The van der Waals surface area contributed by atoms with E-state index in [0.717, 1.165) is 47.7 Å². The van der Waals surface area contributed by atoms with Crippen LogP contribution in [0.25, 0.3) is 11.2 Å². The van der Waals surface area contributed by atoms with Gasteiger partial charge in [0.15, 0.2) is 11.2 Å². The minimum Gasteiger partial charge on any atom is -0.340 e. The lowest BCUT2D eigenvalue weighted by Gasteiger charge is -2.28. The summed E-state index contributed by atoms with van der Waals surface area (Å²) in [6.45, 7) is 6.26. The molecule has 1 aliphatic rings. The lowest BCUT2D eigenvalue weighted by atomic mass is 10.2. The molecule has 3 aromatic rings. The molecular formula is C20H25IN6O2. The number of aryl methyl sites for hydroxylation is 1. The number of imidazole rings is 1. The molecule has 1 saturated heterocycles. The van der Waals surface area contributed by atoms with Gasteiger partial charge in [0.2, 0.25) is 5.95 Å². The quantitative estimate of drug-likeness (QED) is 0.527. The van der Waals surface area contributed by atoms with E-state index in [4.69, 9.17) is 4.98 Å². The summed E-state index contributed by atoms with van der Waals surface area (Å²) >= 11 is 2.32. The Hall–Kier alpha value is -2.14. The van der Waals surface area contributed by atoms with Crippen molar-refractivity contribution in [2.24, 2.45) is 7.05 Å². The predicted octanol–water partition coefficient (Wildman–Crippen LogP) is 1.37. The number of aromatic nitrogens is 4. The van der Waals surface area contributed by atoms with E-state index >= 15 is 0 Å². The first-order valence-corrected chi connectivity index (χ1v) is 11.0. The Morgan fingerprint density at radius 2 is 1.86 bits per heavy atom. The molecule has 2 aromatic heterocycles. The van der Waals surface area contributed by atoms with Gasteiger partial charge in [0.1, 0.15) is 0 Å². The Bertz CT molecular complexity index is 1160. The van der Waals surface area contributed by atoms with Crippen molar-refractivity contribution in [1.82, 2.24) is 24.0 Å². The number of halogens is 1. The first-order valence-electron chi connectivity index (χ1n) is 9.92. The van der Waals surface area contributed by atoms with Gasteiger partial charge in [-0.05, 0) is 40.6 Å². The maximum atomic E-state index is 13.3. The molecule has 1 N–H and O–H groups in total. The van der Waals surface area contributed by atoms with Gasteiger partial charge in [0.05, 0.1) is 6.54 Å². The molecule has 154 valence electrons. The predicted molar refractivity (Wildman–Crippen MR) is 123 cm³/mol. The molecule has 1 fully saturated rings. The molecule has 1 aromatic carbocycles. The Morgan fingerprint density at radius 3 is 2.55 bits per heavy atom. The van der Waals surface area contributed by atoms with Crippen LogP contribution in [0.15, 0.2) is 33.9 Å². The molecule has 0 radical (unpaired) electrons. The van der Waals surface area contributed by atoms with Crippen LogP contribution in [0.3, 0.4) is 0 Å². The highest BCUT2D eigenvalue weighted by Crippen LogP contribution is 2.23. The molecule has 0 unspecified atom stereocenters. The lowest BCUT2D eigenvalue weighted by Crippen LogP contribution is -2.44. The van der Waals surface area contributed by atoms with Crippen LogP contribution in [0, 0.1) is 3.57 Å². The topological polar surface area (TPSA) is 77.1 Å². The van der Waals surface area contributed by atoms with Crippen LogP contribution in [0.5, 0.6) is 0 Å². The fraction of sp³-hybridized carbons (Fsp3) is 0.450. The van der Waals surface area contributed by atoms with Crippen molar-refractivity contribution in [2.75, 3.05) is 31.1 Å². The van der Waals surface area contributed by atoms with Gasteiger partial charge in [0, 0.05) is 43.3 Å².